The number of aromatic amines is 1. The summed E-state index contributed by atoms with van der Waals surface area (Å²) in [5, 5.41) is 9.75. The molecule has 0 saturated carbocycles. The molecule has 0 unspecified atom stereocenters. The number of ether oxygens (including phenoxy) is 1. The van der Waals surface area contributed by atoms with E-state index < -0.39 is 23.4 Å². The molecule has 0 radical (unpaired) electrons. The zero-order valence-electron chi connectivity index (χ0n) is 14.9. The summed E-state index contributed by atoms with van der Waals surface area (Å²) >= 11 is 0. The standard InChI is InChI=1S/C18H21FN4O3/c1-18(2,3)26-17(25)23-9-8-14-13(10-23)15(22-21-14)20-16(24)11-4-6-12(19)7-5-11/h4-7H,8-10H2,1-3H3,(H2,20,21,22,24). The summed E-state index contributed by atoms with van der Waals surface area (Å²) in [5.74, 6) is -0.442. The van der Waals surface area contributed by atoms with Gasteiger partial charge in [0.1, 0.15) is 11.4 Å². The Morgan fingerprint density at radius 2 is 1.96 bits per heavy atom. The number of nitrogens with one attached hydrogen (secondary N) is 2. The first-order chi connectivity index (χ1) is 12.2. The predicted molar refractivity (Wildman–Crippen MR) is 93.3 cm³/mol. The molecule has 1 aliphatic heterocycles. The molecule has 138 valence electrons. The third-order valence-corrected chi connectivity index (χ3v) is 3.92. The van der Waals surface area contributed by atoms with Crippen LogP contribution in [0.1, 0.15) is 42.4 Å². The topological polar surface area (TPSA) is 87.3 Å². The minimum Gasteiger partial charge on any atom is -0.444 e. The van der Waals surface area contributed by atoms with Crippen LogP contribution >= 0.6 is 0 Å². The van der Waals surface area contributed by atoms with Gasteiger partial charge in [-0.3, -0.25) is 9.89 Å². The van der Waals surface area contributed by atoms with Gasteiger partial charge in [0.2, 0.25) is 0 Å². The molecule has 2 aromatic rings. The number of aromatic nitrogens is 2. The van der Waals surface area contributed by atoms with Crippen molar-refractivity contribution >= 4 is 17.8 Å². The minimum atomic E-state index is -0.576. The number of hydrogen-bond acceptors (Lipinski definition) is 4. The number of nitrogens with zero attached hydrogens (tertiary/aromatic N) is 2. The number of hydrogen-bond donors (Lipinski definition) is 2. The number of rotatable bonds is 2. The summed E-state index contributed by atoms with van der Waals surface area (Å²) in [6.45, 7) is 6.24. The van der Waals surface area contributed by atoms with E-state index in [0.717, 1.165) is 11.3 Å². The van der Waals surface area contributed by atoms with E-state index in [2.05, 4.69) is 15.5 Å². The molecule has 7 nitrogen and oxygen atoms in total. The molecular formula is C18H21FN4O3. The number of benzene rings is 1. The Labute approximate surface area is 150 Å². The first-order valence-corrected chi connectivity index (χ1v) is 8.34. The van der Waals surface area contributed by atoms with Gasteiger partial charge in [0.25, 0.3) is 5.91 Å². The van der Waals surface area contributed by atoms with Gasteiger partial charge >= 0.3 is 6.09 Å². The van der Waals surface area contributed by atoms with Crippen molar-refractivity contribution in [3.8, 4) is 0 Å². The Balaban J connectivity index is 1.73. The van der Waals surface area contributed by atoms with Crippen molar-refractivity contribution in [3.63, 3.8) is 0 Å². The average molecular weight is 360 g/mol. The van der Waals surface area contributed by atoms with E-state index >= 15 is 0 Å². The molecule has 1 aromatic carbocycles. The Kier molecular flexibility index (Phi) is 4.67. The van der Waals surface area contributed by atoms with Crippen molar-refractivity contribution in [1.29, 1.82) is 0 Å². The van der Waals surface area contributed by atoms with Crippen LogP contribution in [0.15, 0.2) is 24.3 Å². The lowest BCUT2D eigenvalue weighted by atomic mass is 10.1. The van der Waals surface area contributed by atoms with Crippen LogP contribution < -0.4 is 5.32 Å². The first kappa shape index (κ1) is 17.9. The van der Waals surface area contributed by atoms with Gasteiger partial charge in [0, 0.05) is 29.8 Å². The Morgan fingerprint density at radius 3 is 2.62 bits per heavy atom. The van der Waals surface area contributed by atoms with Gasteiger partial charge in [0.15, 0.2) is 5.82 Å². The van der Waals surface area contributed by atoms with Crippen molar-refractivity contribution in [1.82, 2.24) is 15.1 Å². The van der Waals surface area contributed by atoms with E-state index in [-0.39, 0.29) is 0 Å². The van der Waals surface area contributed by atoms with Crippen LogP contribution in [0.3, 0.4) is 0 Å². The van der Waals surface area contributed by atoms with Crippen molar-refractivity contribution in [2.45, 2.75) is 39.3 Å². The van der Waals surface area contributed by atoms with Crippen LogP contribution in [0.4, 0.5) is 15.0 Å². The van der Waals surface area contributed by atoms with Gasteiger partial charge in [-0.2, -0.15) is 5.10 Å². The number of H-pyrrole nitrogens is 1. The van der Waals surface area contributed by atoms with Crippen LogP contribution in [0.5, 0.6) is 0 Å². The van der Waals surface area contributed by atoms with Crippen molar-refractivity contribution < 1.29 is 18.7 Å². The number of anilines is 1. The maximum absolute atomic E-state index is 13.0. The summed E-state index contributed by atoms with van der Waals surface area (Å²) in [6.07, 6.45) is 0.189. The fourth-order valence-corrected chi connectivity index (χ4v) is 2.66. The Hall–Kier alpha value is -2.90. The SMILES string of the molecule is CC(C)(C)OC(=O)N1CCc2[nH]nc(NC(=O)c3ccc(F)cc3)c2C1. The molecule has 0 aliphatic carbocycles. The molecule has 26 heavy (non-hydrogen) atoms. The lowest BCUT2D eigenvalue weighted by Crippen LogP contribution is -2.40. The maximum Gasteiger partial charge on any atom is 0.410 e. The third kappa shape index (κ3) is 4.01. The molecule has 0 atom stereocenters. The van der Waals surface area contributed by atoms with E-state index in [1.807, 2.05) is 20.8 Å². The monoisotopic (exact) mass is 360 g/mol. The number of halogens is 1. The molecule has 0 bridgehead atoms. The third-order valence-electron chi connectivity index (χ3n) is 3.92. The van der Waals surface area contributed by atoms with Gasteiger partial charge in [0.05, 0.1) is 6.54 Å². The van der Waals surface area contributed by atoms with E-state index in [0.29, 0.717) is 30.9 Å². The van der Waals surface area contributed by atoms with Crippen LogP contribution in [0, 0.1) is 5.82 Å². The molecule has 2 heterocycles. The molecule has 1 aromatic heterocycles. The minimum absolute atomic E-state index is 0.291. The summed E-state index contributed by atoms with van der Waals surface area (Å²) in [7, 11) is 0. The predicted octanol–water partition coefficient (Wildman–Crippen LogP) is 3.09. The highest BCUT2D eigenvalue weighted by Gasteiger charge is 2.29. The molecular weight excluding hydrogens is 339 g/mol. The zero-order valence-corrected chi connectivity index (χ0v) is 14.9. The number of amides is 2. The summed E-state index contributed by atoms with van der Waals surface area (Å²) in [6, 6.07) is 5.24. The highest BCUT2D eigenvalue weighted by atomic mass is 19.1. The van der Waals surface area contributed by atoms with Gasteiger partial charge < -0.3 is 15.0 Å². The molecule has 0 spiro atoms. The van der Waals surface area contributed by atoms with Crippen LogP contribution in [0.2, 0.25) is 0 Å². The van der Waals surface area contributed by atoms with Gasteiger partial charge in [-0.25, -0.2) is 9.18 Å². The van der Waals surface area contributed by atoms with Crippen molar-refractivity contribution in [2.24, 2.45) is 0 Å². The average Bonchev–Trinajstić information content (AvgIpc) is 2.96. The van der Waals surface area contributed by atoms with Gasteiger partial charge in [-0.05, 0) is 45.0 Å². The molecule has 0 fully saturated rings. The first-order valence-electron chi connectivity index (χ1n) is 8.34. The lowest BCUT2D eigenvalue weighted by Gasteiger charge is -2.30. The number of carbonyl (C=O) groups excluding carboxylic acids is 2. The van der Waals surface area contributed by atoms with Gasteiger partial charge in [-0.1, -0.05) is 0 Å². The van der Waals surface area contributed by atoms with Crippen LogP contribution in [-0.2, 0) is 17.7 Å². The maximum atomic E-state index is 13.0. The second-order valence-electron chi connectivity index (χ2n) is 7.14. The quantitative estimate of drug-likeness (QED) is 0.861. The Morgan fingerprint density at radius 1 is 1.27 bits per heavy atom. The zero-order chi connectivity index (χ0) is 18.9. The van der Waals surface area contributed by atoms with E-state index in [4.69, 9.17) is 4.74 Å². The molecule has 3 rings (SSSR count). The van der Waals surface area contributed by atoms with Crippen molar-refractivity contribution in [2.75, 3.05) is 11.9 Å². The fourth-order valence-electron chi connectivity index (χ4n) is 2.66. The largest absolute Gasteiger partial charge is 0.444 e. The molecule has 2 N–H and O–H groups in total. The highest BCUT2D eigenvalue weighted by molar-refractivity contribution is 6.04. The molecule has 0 saturated heterocycles. The van der Waals surface area contributed by atoms with E-state index in [1.54, 1.807) is 4.90 Å². The second kappa shape index (κ2) is 6.78. The summed E-state index contributed by atoms with van der Waals surface area (Å²) in [4.78, 5) is 26.2. The second-order valence-corrected chi connectivity index (χ2v) is 7.14. The summed E-state index contributed by atoms with van der Waals surface area (Å²) in [5.41, 5.74) is 1.37. The normalized spacial score (nSPS) is 13.9. The number of carbonyl (C=O) groups is 2. The summed E-state index contributed by atoms with van der Waals surface area (Å²) < 4.78 is 18.4. The van der Waals surface area contributed by atoms with Gasteiger partial charge in [-0.15, -0.1) is 0 Å². The molecule has 1 aliphatic rings. The highest BCUT2D eigenvalue weighted by Crippen LogP contribution is 2.25. The smallest absolute Gasteiger partial charge is 0.410 e. The van der Waals surface area contributed by atoms with Crippen molar-refractivity contribution in [3.05, 3.63) is 46.9 Å². The van der Waals surface area contributed by atoms with E-state index in [9.17, 15) is 14.0 Å². The van der Waals surface area contributed by atoms with Crippen LogP contribution in [-0.4, -0.2) is 39.2 Å². The Bertz CT molecular complexity index is 824. The molecule has 2 amide bonds. The van der Waals surface area contributed by atoms with Crippen LogP contribution in [0.25, 0.3) is 0 Å². The lowest BCUT2D eigenvalue weighted by molar-refractivity contribution is 0.0224. The fraction of sp³-hybridized carbons (Fsp3) is 0.389. The molecule has 8 heteroatoms. The van der Waals surface area contributed by atoms with E-state index in [1.165, 1.54) is 24.3 Å². The number of fused-ring (bicyclic) bond motifs is 1.